The molecule has 0 unspecified atom stereocenters. The van der Waals surface area contributed by atoms with E-state index < -0.39 is 6.10 Å². The lowest BCUT2D eigenvalue weighted by Crippen LogP contribution is -2.42. The molecule has 5 rings (SSSR count). The van der Waals surface area contributed by atoms with E-state index in [1.807, 2.05) is 42.6 Å². The highest BCUT2D eigenvalue weighted by Crippen LogP contribution is 2.40. The number of ether oxygens (including phenoxy) is 1. The number of hydrogen-bond acceptors (Lipinski definition) is 8. The van der Waals surface area contributed by atoms with Crippen molar-refractivity contribution in [1.82, 2.24) is 15.0 Å². The molecule has 0 radical (unpaired) electrons. The van der Waals surface area contributed by atoms with Gasteiger partial charge in [-0.15, -0.1) is 11.3 Å². The van der Waals surface area contributed by atoms with Gasteiger partial charge < -0.3 is 20.5 Å². The van der Waals surface area contributed by atoms with Gasteiger partial charge in [0.05, 0.1) is 16.8 Å². The molecule has 1 aliphatic carbocycles. The van der Waals surface area contributed by atoms with Crippen molar-refractivity contribution in [2.24, 2.45) is 11.8 Å². The Hall–Kier alpha value is -2.71. The largest absolute Gasteiger partial charge is 0.487 e. The maximum atomic E-state index is 10.8. The fourth-order valence-electron chi connectivity index (χ4n) is 4.68. The molecule has 3 N–H and O–H groups in total. The minimum Gasteiger partial charge on any atom is -0.487 e. The van der Waals surface area contributed by atoms with Crippen molar-refractivity contribution in [3.63, 3.8) is 0 Å². The van der Waals surface area contributed by atoms with Crippen molar-refractivity contribution in [3.05, 3.63) is 46.9 Å². The molecule has 8 heteroatoms. The van der Waals surface area contributed by atoms with E-state index >= 15 is 0 Å². The number of rotatable bonds is 4. The Balaban J connectivity index is 1.32. The summed E-state index contributed by atoms with van der Waals surface area (Å²) in [4.78, 5) is 15.2. The number of nitrogens with two attached hydrogens (primary N) is 1. The van der Waals surface area contributed by atoms with E-state index in [2.05, 4.69) is 19.9 Å². The first kappa shape index (κ1) is 19.3. The molecule has 7 nitrogen and oxygen atoms in total. The lowest BCUT2D eigenvalue weighted by atomic mass is 9.78. The Morgan fingerprint density at radius 1 is 1.13 bits per heavy atom. The molecular weight excluding hydrogens is 398 g/mol. The molecular formula is C22H25N5O2S. The van der Waals surface area contributed by atoms with Gasteiger partial charge in [0.25, 0.3) is 0 Å². The van der Waals surface area contributed by atoms with Gasteiger partial charge >= 0.3 is 0 Å². The number of benzene rings is 1. The van der Waals surface area contributed by atoms with Crippen LogP contribution in [0.5, 0.6) is 5.75 Å². The van der Waals surface area contributed by atoms with Gasteiger partial charge in [-0.1, -0.05) is 12.1 Å². The predicted octanol–water partition coefficient (Wildman–Crippen LogP) is 3.15. The Labute approximate surface area is 179 Å². The monoisotopic (exact) mass is 423 g/mol. The number of fused-ring (bicyclic) bond motifs is 1. The molecule has 0 bridgehead atoms. The van der Waals surface area contributed by atoms with Crippen LogP contribution in [0, 0.1) is 18.8 Å². The summed E-state index contributed by atoms with van der Waals surface area (Å²) in [7, 11) is 0. The zero-order valence-corrected chi connectivity index (χ0v) is 17.6. The molecule has 1 aromatic carbocycles. The maximum Gasteiger partial charge on any atom is 0.221 e. The summed E-state index contributed by atoms with van der Waals surface area (Å²) in [6.45, 7) is 3.76. The molecule has 1 aliphatic heterocycles. The second-order valence-electron chi connectivity index (χ2n) is 8.14. The van der Waals surface area contributed by atoms with Crippen molar-refractivity contribution in [1.29, 1.82) is 0 Å². The highest BCUT2D eigenvalue weighted by molar-refractivity contribution is 7.09. The molecule has 4 atom stereocenters. The topological polar surface area (TPSA) is 97.4 Å². The number of anilines is 2. The number of nitrogens with zero attached hydrogens (tertiary/aromatic N) is 4. The molecule has 3 heterocycles. The van der Waals surface area contributed by atoms with Gasteiger partial charge in [-0.2, -0.15) is 4.98 Å². The number of aryl methyl sites for hydroxylation is 1. The third kappa shape index (κ3) is 3.73. The Kier molecular flexibility index (Phi) is 5.04. The van der Waals surface area contributed by atoms with Gasteiger partial charge in [0.1, 0.15) is 17.7 Å². The minimum absolute atomic E-state index is 0.234. The third-order valence-corrected chi connectivity index (χ3v) is 6.90. The van der Waals surface area contributed by atoms with Crippen LogP contribution in [-0.2, 0) is 0 Å². The summed E-state index contributed by atoms with van der Waals surface area (Å²) < 4.78 is 6.38. The number of para-hydroxylation sites is 1. The number of aliphatic hydroxyl groups is 1. The smallest absolute Gasteiger partial charge is 0.221 e. The Bertz CT molecular complexity index is 1040. The third-order valence-electron chi connectivity index (χ3n) is 6.13. The maximum absolute atomic E-state index is 10.8. The number of thiazole rings is 1. The summed E-state index contributed by atoms with van der Waals surface area (Å²) in [6.07, 6.45) is 2.50. The molecule has 2 aromatic heterocycles. The van der Waals surface area contributed by atoms with E-state index in [0.29, 0.717) is 11.8 Å². The average Bonchev–Trinajstić information content (AvgIpc) is 3.35. The van der Waals surface area contributed by atoms with Gasteiger partial charge in [-0.3, -0.25) is 0 Å². The number of hydrogen-bond donors (Lipinski definition) is 2. The van der Waals surface area contributed by atoms with Crippen LogP contribution in [0.4, 0.5) is 11.8 Å². The van der Waals surface area contributed by atoms with E-state index in [9.17, 15) is 5.11 Å². The van der Waals surface area contributed by atoms with E-state index in [1.54, 1.807) is 17.5 Å². The minimum atomic E-state index is -0.494. The zero-order valence-electron chi connectivity index (χ0n) is 16.8. The van der Waals surface area contributed by atoms with Gasteiger partial charge in [0.15, 0.2) is 0 Å². The van der Waals surface area contributed by atoms with Crippen LogP contribution in [0.2, 0.25) is 0 Å². The molecule has 3 aromatic rings. The fraction of sp³-hybridized carbons (Fsp3) is 0.409. The van der Waals surface area contributed by atoms with E-state index in [0.717, 1.165) is 53.8 Å². The molecule has 0 spiro atoms. The van der Waals surface area contributed by atoms with Crippen molar-refractivity contribution >= 4 is 23.1 Å². The summed E-state index contributed by atoms with van der Waals surface area (Å²) >= 11 is 1.63. The van der Waals surface area contributed by atoms with Crippen LogP contribution in [-0.4, -0.2) is 45.4 Å². The van der Waals surface area contributed by atoms with Crippen molar-refractivity contribution in [2.75, 3.05) is 23.7 Å². The van der Waals surface area contributed by atoms with Crippen molar-refractivity contribution in [3.8, 4) is 17.0 Å². The normalized spacial score (nSPS) is 25.9. The highest BCUT2D eigenvalue weighted by Gasteiger charge is 2.43. The van der Waals surface area contributed by atoms with Crippen molar-refractivity contribution < 1.29 is 9.84 Å². The Morgan fingerprint density at radius 3 is 2.70 bits per heavy atom. The van der Waals surface area contributed by atoms with Crippen LogP contribution in [0.15, 0.2) is 41.9 Å². The van der Waals surface area contributed by atoms with E-state index in [1.165, 1.54) is 0 Å². The van der Waals surface area contributed by atoms with Crippen molar-refractivity contribution in [2.45, 2.75) is 32.0 Å². The molecule has 0 amide bonds. The number of nitrogen functional groups attached to an aromatic ring is 1. The van der Waals surface area contributed by atoms with E-state index in [4.69, 9.17) is 10.5 Å². The van der Waals surface area contributed by atoms with Gasteiger partial charge in [0.2, 0.25) is 5.95 Å². The second kappa shape index (κ2) is 7.85. The molecule has 156 valence electrons. The fourth-order valence-corrected chi connectivity index (χ4v) is 5.29. The summed E-state index contributed by atoms with van der Waals surface area (Å²) in [5.41, 5.74) is 7.65. The molecule has 30 heavy (non-hydrogen) atoms. The van der Waals surface area contributed by atoms with Crippen LogP contribution < -0.4 is 15.4 Å². The first-order valence-electron chi connectivity index (χ1n) is 10.3. The zero-order chi connectivity index (χ0) is 20.7. The first-order chi connectivity index (χ1) is 14.6. The second-order valence-corrected chi connectivity index (χ2v) is 9.20. The number of aliphatic hydroxyl groups excluding tert-OH is 1. The Morgan fingerprint density at radius 2 is 1.93 bits per heavy atom. The average molecular weight is 424 g/mol. The summed E-state index contributed by atoms with van der Waals surface area (Å²) in [5.74, 6) is 2.80. The summed E-state index contributed by atoms with van der Waals surface area (Å²) in [5, 5.41) is 13.9. The van der Waals surface area contributed by atoms with Crippen LogP contribution in [0.1, 0.15) is 17.8 Å². The molecule has 1 saturated carbocycles. The van der Waals surface area contributed by atoms with Crippen LogP contribution in [0.3, 0.4) is 0 Å². The lowest BCUT2D eigenvalue weighted by Gasteiger charge is -2.35. The molecule has 1 saturated heterocycles. The molecule has 2 aliphatic rings. The first-order valence-corrected chi connectivity index (χ1v) is 11.1. The van der Waals surface area contributed by atoms with Crippen LogP contribution >= 0.6 is 11.3 Å². The predicted molar refractivity (Wildman–Crippen MR) is 118 cm³/mol. The lowest BCUT2D eigenvalue weighted by molar-refractivity contribution is -0.0229. The van der Waals surface area contributed by atoms with E-state index in [-0.39, 0.29) is 12.1 Å². The quantitative estimate of drug-likeness (QED) is 0.665. The van der Waals surface area contributed by atoms with Gasteiger partial charge in [0, 0.05) is 30.2 Å². The van der Waals surface area contributed by atoms with Crippen LogP contribution in [0.25, 0.3) is 11.3 Å². The number of aromatic nitrogens is 3. The van der Waals surface area contributed by atoms with Gasteiger partial charge in [-0.25, -0.2) is 9.97 Å². The SMILES string of the molecule is Cc1nc(-c2ccccc2O[C@@H]2C[C@@H]3CN(c4ccnc(N)n4)C[C@@H]3C[C@H]2O)cs1. The highest BCUT2D eigenvalue weighted by atomic mass is 32.1. The van der Waals surface area contributed by atoms with Gasteiger partial charge in [-0.05, 0) is 49.8 Å². The summed E-state index contributed by atoms with van der Waals surface area (Å²) in [6, 6.07) is 9.84. The molecule has 2 fully saturated rings. The standard InChI is InChI=1S/C22H25N5O2S/c1-13-25-17(12-30-13)16-4-2-3-5-19(16)29-20-9-15-11-27(10-14(15)8-18(20)28)21-6-7-24-22(23)26-21/h2-7,12,14-15,18,20,28H,8-11H2,1H3,(H2,23,24,26)/t14-,15+,18+,20+/m0/s1.